The van der Waals surface area contributed by atoms with Gasteiger partial charge in [0.1, 0.15) is 5.82 Å². The minimum absolute atomic E-state index is 0.108. The maximum Gasteiger partial charge on any atom is 0.240 e. The van der Waals surface area contributed by atoms with Crippen LogP contribution in [0.4, 0.5) is 0 Å². The van der Waals surface area contributed by atoms with Crippen LogP contribution in [0.2, 0.25) is 0 Å². The highest BCUT2D eigenvalue weighted by molar-refractivity contribution is 7.89. The van der Waals surface area contributed by atoms with E-state index in [-0.39, 0.29) is 18.0 Å². The highest BCUT2D eigenvalue weighted by Crippen LogP contribution is 2.10. The zero-order valence-corrected chi connectivity index (χ0v) is 10.3. The van der Waals surface area contributed by atoms with E-state index in [0.29, 0.717) is 11.4 Å². The summed E-state index contributed by atoms with van der Waals surface area (Å²) < 4.78 is 26.3. The molecule has 0 aliphatic heterocycles. The van der Waals surface area contributed by atoms with E-state index in [2.05, 4.69) is 14.7 Å². The number of hydrogen-bond acceptors (Lipinski definition) is 4. The molecule has 0 saturated carbocycles. The molecule has 6 nitrogen and oxygen atoms in total. The number of aliphatic hydroxyl groups excluding tert-OH is 1. The number of rotatable bonds is 5. The SMILES string of the molecule is O=S(=O)(NCc1ncc[nH]1)c1ccc(CO)cc1. The van der Waals surface area contributed by atoms with Crippen molar-refractivity contribution in [1.82, 2.24) is 14.7 Å². The number of imidazole rings is 1. The average Bonchev–Trinajstić information content (AvgIpc) is 2.90. The lowest BCUT2D eigenvalue weighted by Gasteiger charge is -2.05. The summed E-state index contributed by atoms with van der Waals surface area (Å²) in [6, 6.07) is 6.05. The number of nitrogens with zero attached hydrogens (tertiary/aromatic N) is 1. The van der Waals surface area contributed by atoms with Crippen molar-refractivity contribution in [1.29, 1.82) is 0 Å². The molecule has 0 unspecified atom stereocenters. The summed E-state index contributed by atoms with van der Waals surface area (Å²) in [6.07, 6.45) is 3.18. The molecule has 18 heavy (non-hydrogen) atoms. The summed E-state index contributed by atoms with van der Waals surface area (Å²) in [5.41, 5.74) is 0.667. The van der Waals surface area contributed by atoms with Gasteiger partial charge in [-0.3, -0.25) is 0 Å². The summed E-state index contributed by atoms with van der Waals surface area (Å²) in [5, 5.41) is 8.88. The molecule has 0 saturated heterocycles. The fourth-order valence-electron chi connectivity index (χ4n) is 1.42. The molecule has 2 rings (SSSR count). The van der Waals surface area contributed by atoms with Gasteiger partial charge in [-0.15, -0.1) is 0 Å². The summed E-state index contributed by atoms with van der Waals surface area (Å²) in [5.74, 6) is 0.547. The van der Waals surface area contributed by atoms with Crippen LogP contribution < -0.4 is 4.72 Å². The minimum atomic E-state index is -3.55. The van der Waals surface area contributed by atoms with Crippen molar-refractivity contribution in [2.45, 2.75) is 18.0 Å². The Kier molecular flexibility index (Phi) is 3.75. The van der Waals surface area contributed by atoms with Gasteiger partial charge >= 0.3 is 0 Å². The van der Waals surface area contributed by atoms with Crippen LogP contribution in [0.3, 0.4) is 0 Å². The number of sulfonamides is 1. The summed E-state index contributed by atoms with van der Waals surface area (Å²) in [4.78, 5) is 6.89. The van der Waals surface area contributed by atoms with Crippen molar-refractivity contribution < 1.29 is 13.5 Å². The molecule has 0 bridgehead atoms. The quantitative estimate of drug-likeness (QED) is 0.730. The lowest BCUT2D eigenvalue weighted by Crippen LogP contribution is -2.23. The van der Waals surface area contributed by atoms with Gasteiger partial charge in [-0.25, -0.2) is 18.1 Å². The Morgan fingerprint density at radius 2 is 2.00 bits per heavy atom. The van der Waals surface area contributed by atoms with Gasteiger partial charge < -0.3 is 10.1 Å². The molecule has 2 aromatic rings. The Morgan fingerprint density at radius 3 is 2.56 bits per heavy atom. The normalized spacial score (nSPS) is 11.6. The van der Waals surface area contributed by atoms with Crippen LogP contribution in [0.5, 0.6) is 0 Å². The Labute approximate surface area is 105 Å². The molecule has 1 aromatic carbocycles. The van der Waals surface area contributed by atoms with Crippen molar-refractivity contribution in [3.63, 3.8) is 0 Å². The van der Waals surface area contributed by atoms with Crippen LogP contribution in [-0.4, -0.2) is 23.5 Å². The monoisotopic (exact) mass is 267 g/mol. The van der Waals surface area contributed by atoms with Crippen LogP contribution in [-0.2, 0) is 23.2 Å². The Bertz CT molecular complexity index is 591. The van der Waals surface area contributed by atoms with E-state index in [1.54, 1.807) is 24.5 Å². The molecule has 96 valence electrons. The third kappa shape index (κ3) is 2.95. The highest BCUT2D eigenvalue weighted by atomic mass is 32.2. The molecule has 0 radical (unpaired) electrons. The molecule has 0 spiro atoms. The number of nitrogens with one attached hydrogen (secondary N) is 2. The van der Waals surface area contributed by atoms with Crippen LogP contribution >= 0.6 is 0 Å². The number of benzene rings is 1. The molecule has 1 heterocycles. The summed E-state index contributed by atoms with van der Waals surface area (Å²) in [6.45, 7) is -0.00274. The third-order valence-corrected chi connectivity index (χ3v) is 3.82. The molecule has 0 aliphatic carbocycles. The largest absolute Gasteiger partial charge is 0.392 e. The minimum Gasteiger partial charge on any atom is -0.392 e. The predicted molar refractivity (Wildman–Crippen MR) is 65.0 cm³/mol. The molecule has 0 atom stereocenters. The fraction of sp³-hybridized carbons (Fsp3) is 0.182. The molecule has 7 heteroatoms. The van der Waals surface area contributed by atoms with Gasteiger partial charge in [-0.2, -0.15) is 0 Å². The van der Waals surface area contributed by atoms with Gasteiger partial charge in [-0.1, -0.05) is 12.1 Å². The lowest BCUT2D eigenvalue weighted by molar-refractivity contribution is 0.282. The van der Waals surface area contributed by atoms with Crippen molar-refractivity contribution >= 4 is 10.0 Å². The number of hydrogen-bond donors (Lipinski definition) is 3. The van der Waals surface area contributed by atoms with E-state index in [0.717, 1.165) is 0 Å². The van der Waals surface area contributed by atoms with Gasteiger partial charge in [0, 0.05) is 12.4 Å². The molecule has 0 amide bonds. The maximum absolute atomic E-state index is 11.9. The number of aliphatic hydroxyl groups is 1. The van der Waals surface area contributed by atoms with Gasteiger partial charge in [-0.05, 0) is 17.7 Å². The summed E-state index contributed by atoms with van der Waals surface area (Å²) in [7, 11) is -3.55. The van der Waals surface area contributed by atoms with E-state index in [1.165, 1.54) is 12.1 Å². The van der Waals surface area contributed by atoms with Crippen molar-refractivity contribution in [3.05, 3.63) is 48.0 Å². The lowest BCUT2D eigenvalue weighted by atomic mass is 10.2. The first-order valence-corrected chi connectivity index (χ1v) is 6.78. The zero-order valence-electron chi connectivity index (χ0n) is 9.50. The van der Waals surface area contributed by atoms with Gasteiger partial charge in [0.2, 0.25) is 10.0 Å². The van der Waals surface area contributed by atoms with Crippen molar-refractivity contribution in [3.8, 4) is 0 Å². The van der Waals surface area contributed by atoms with E-state index in [4.69, 9.17) is 5.11 Å². The first kappa shape index (κ1) is 12.7. The van der Waals surface area contributed by atoms with Crippen LogP contribution in [0.15, 0.2) is 41.6 Å². The maximum atomic E-state index is 11.9. The molecule has 0 aliphatic rings. The number of H-pyrrole nitrogens is 1. The average molecular weight is 267 g/mol. The van der Waals surface area contributed by atoms with Gasteiger partial charge in [0.15, 0.2) is 0 Å². The second kappa shape index (κ2) is 5.30. The van der Waals surface area contributed by atoms with Crippen LogP contribution in [0, 0.1) is 0 Å². The predicted octanol–water partition coefficient (Wildman–Crippen LogP) is 0.380. The van der Waals surface area contributed by atoms with E-state index < -0.39 is 10.0 Å². The zero-order chi connectivity index (χ0) is 13.0. The first-order valence-electron chi connectivity index (χ1n) is 5.29. The molecule has 1 aromatic heterocycles. The molecular formula is C11H13N3O3S. The first-order chi connectivity index (χ1) is 8.62. The van der Waals surface area contributed by atoms with Crippen LogP contribution in [0.25, 0.3) is 0 Å². The van der Waals surface area contributed by atoms with E-state index in [1.807, 2.05) is 0 Å². The van der Waals surface area contributed by atoms with Gasteiger partial charge in [0.05, 0.1) is 18.0 Å². The fourth-order valence-corrected chi connectivity index (χ4v) is 2.40. The van der Waals surface area contributed by atoms with Crippen molar-refractivity contribution in [2.75, 3.05) is 0 Å². The molecule has 3 N–H and O–H groups in total. The van der Waals surface area contributed by atoms with E-state index in [9.17, 15) is 8.42 Å². The van der Waals surface area contributed by atoms with E-state index >= 15 is 0 Å². The Hall–Kier alpha value is -1.70. The standard InChI is InChI=1S/C11H13N3O3S/c15-8-9-1-3-10(4-2-9)18(16,17)14-7-11-12-5-6-13-11/h1-6,14-15H,7-8H2,(H,12,13). The summed E-state index contributed by atoms with van der Waals surface area (Å²) >= 11 is 0. The third-order valence-electron chi connectivity index (χ3n) is 2.40. The van der Waals surface area contributed by atoms with Crippen molar-refractivity contribution in [2.24, 2.45) is 0 Å². The number of aromatic amines is 1. The number of aromatic nitrogens is 2. The smallest absolute Gasteiger partial charge is 0.240 e. The Balaban J connectivity index is 2.09. The molecular weight excluding hydrogens is 254 g/mol. The molecule has 0 fully saturated rings. The topological polar surface area (TPSA) is 95.1 Å². The highest BCUT2D eigenvalue weighted by Gasteiger charge is 2.13. The Morgan fingerprint density at radius 1 is 1.28 bits per heavy atom. The second-order valence-corrected chi connectivity index (χ2v) is 5.43. The second-order valence-electron chi connectivity index (χ2n) is 3.66. The van der Waals surface area contributed by atoms with Crippen LogP contribution in [0.1, 0.15) is 11.4 Å². The van der Waals surface area contributed by atoms with Gasteiger partial charge in [0.25, 0.3) is 0 Å².